The Hall–Kier alpha value is -1.39. The first kappa shape index (κ1) is 16.7. The van der Waals surface area contributed by atoms with Crippen molar-refractivity contribution in [1.29, 1.82) is 0 Å². The minimum Gasteiger partial charge on any atom is -0.326 e. The molecule has 0 saturated heterocycles. The molecule has 0 radical (unpaired) electrons. The van der Waals surface area contributed by atoms with Crippen LogP contribution in [-0.2, 0) is 4.79 Å². The van der Waals surface area contributed by atoms with E-state index in [2.05, 4.69) is 35.7 Å². The van der Waals surface area contributed by atoms with E-state index in [1.165, 1.54) is 0 Å². The van der Waals surface area contributed by atoms with Crippen molar-refractivity contribution in [3.8, 4) is 0 Å². The molecule has 0 fully saturated rings. The standard InChI is InChI=1S/C16H27N3O/c1-13-6-7-14(2)15(12-13)18-16(20)8-10-17-9-5-11-19(3)4/h6-7,12,17H,5,8-11H2,1-4H3,(H,18,20). The van der Waals surface area contributed by atoms with Crippen LogP contribution in [0.3, 0.4) is 0 Å². The molecule has 0 bridgehead atoms. The van der Waals surface area contributed by atoms with Crippen LogP contribution in [0.5, 0.6) is 0 Å². The van der Waals surface area contributed by atoms with Gasteiger partial charge < -0.3 is 15.5 Å². The maximum atomic E-state index is 11.9. The van der Waals surface area contributed by atoms with E-state index in [0.717, 1.165) is 42.9 Å². The molecule has 0 aromatic heterocycles. The quantitative estimate of drug-likeness (QED) is 0.716. The van der Waals surface area contributed by atoms with E-state index >= 15 is 0 Å². The largest absolute Gasteiger partial charge is 0.326 e. The highest BCUT2D eigenvalue weighted by Crippen LogP contribution is 2.16. The van der Waals surface area contributed by atoms with Gasteiger partial charge in [0.2, 0.25) is 5.91 Å². The summed E-state index contributed by atoms with van der Waals surface area (Å²) in [7, 11) is 4.13. The van der Waals surface area contributed by atoms with Gasteiger partial charge in [0.1, 0.15) is 0 Å². The number of nitrogens with one attached hydrogen (secondary N) is 2. The number of amides is 1. The second-order valence-electron chi connectivity index (χ2n) is 5.52. The van der Waals surface area contributed by atoms with Gasteiger partial charge >= 0.3 is 0 Å². The van der Waals surface area contributed by atoms with Crippen molar-refractivity contribution in [2.24, 2.45) is 0 Å². The number of benzene rings is 1. The molecule has 1 rings (SSSR count). The van der Waals surface area contributed by atoms with Crippen molar-refractivity contribution < 1.29 is 4.79 Å². The summed E-state index contributed by atoms with van der Waals surface area (Å²) >= 11 is 0. The molecule has 1 aromatic carbocycles. The van der Waals surface area contributed by atoms with Crippen LogP contribution < -0.4 is 10.6 Å². The van der Waals surface area contributed by atoms with Crippen molar-refractivity contribution in [1.82, 2.24) is 10.2 Å². The van der Waals surface area contributed by atoms with E-state index < -0.39 is 0 Å². The summed E-state index contributed by atoms with van der Waals surface area (Å²) in [5.74, 6) is 0.0683. The average Bonchev–Trinajstić information content (AvgIpc) is 2.37. The predicted molar refractivity (Wildman–Crippen MR) is 85.2 cm³/mol. The van der Waals surface area contributed by atoms with Gasteiger partial charge in [-0.3, -0.25) is 4.79 Å². The molecule has 0 unspecified atom stereocenters. The van der Waals surface area contributed by atoms with Crippen LogP contribution in [0.2, 0.25) is 0 Å². The van der Waals surface area contributed by atoms with Crippen LogP contribution in [0.15, 0.2) is 18.2 Å². The van der Waals surface area contributed by atoms with Gasteiger partial charge in [0.25, 0.3) is 0 Å². The Morgan fingerprint density at radius 1 is 1.20 bits per heavy atom. The Balaban J connectivity index is 2.22. The normalized spacial score (nSPS) is 10.8. The summed E-state index contributed by atoms with van der Waals surface area (Å²) < 4.78 is 0. The Bertz CT molecular complexity index is 430. The van der Waals surface area contributed by atoms with Crippen molar-refractivity contribution >= 4 is 11.6 Å². The predicted octanol–water partition coefficient (Wildman–Crippen LogP) is 2.17. The third kappa shape index (κ3) is 6.68. The fourth-order valence-electron chi connectivity index (χ4n) is 1.93. The second kappa shape index (κ2) is 8.72. The number of rotatable bonds is 8. The number of carbonyl (C=O) groups is 1. The van der Waals surface area contributed by atoms with Crippen molar-refractivity contribution in [3.05, 3.63) is 29.3 Å². The van der Waals surface area contributed by atoms with Crippen molar-refractivity contribution in [3.63, 3.8) is 0 Å². The number of hydrogen-bond acceptors (Lipinski definition) is 3. The van der Waals surface area contributed by atoms with Gasteiger partial charge in [-0.15, -0.1) is 0 Å². The van der Waals surface area contributed by atoms with Gasteiger partial charge in [-0.05, 0) is 64.6 Å². The summed E-state index contributed by atoms with van der Waals surface area (Å²) in [6, 6.07) is 6.10. The maximum Gasteiger partial charge on any atom is 0.225 e. The van der Waals surface area contributed by atoms with E-state index in [9.17, 15) is 4.79 Å². The molecule has 0 aliphatic rings. The summed E-state index contributed by atoms with van der Waals surface area (Å²) in [6.45, 7) is 6.79. The first-order valence-corrected chi connectivity index (χ1v) is 7.21. The lowest BCUT2D eigenvalue weighted by Gasteiger charge is -2.11. The van der Waals surface area contributed by atoms with Crippen molar-refractivity contribution in [2.45, 2.75) is 26.7 Å². The van der Waals surface area contributed by atoms with Crippen molar-refractivity contribution in [2.75, 3.05) is 39.0 Å². The van der Waals surface area contributed by atoms with E-state index in [1.54, 1.807) is 0 Å². The van der Waals surface area contributed by atoms with Gasteiger partial charge in [-0.2, -0.15) is 0 Å². The summed E-state index contributed by atoms with van der Waals surface area (Å²) in [5, 5.41) is 6.27. The lowest BCUT2D eigenvalue weighted by molar-refractivity contribution is -0.116. The molecule has 0 aliphatic heterocycles. The first-order valence-electron chi connectivity index (χ1n) is 7.21. The molecule has 1 aromatic rings. The van der Waals surface area contributed by atoms with Crippen LogP contribution in [0.25, 0.3) is 0 Å². The zero-order valence-corrected chi connectivity index (χ0v) is 13.1. The monoisotopic (exact) mass is 277 g/mol. The fourth-order valence-corrected chi connectivity index (χ4v) is 1.93. The molecule has 112 valence electrons. The van der Waals surface area contributed by atoms with Crippen LogP contribution >= 0.6 is 0 Å². The Labute approximate surface area is 122 Å². The summed E-state index contributed by atoms with van der Waals surface area (Å²) in [6.07, 6.45) is 1.61. The zero-order valence-electron chi connectivity index (χ0n) is 13.1. The van der Waals surface area contributed by atoms with Gasteiger partial charge in [0.05, 0.1) is 0 Å². The maximum absolute atomic E-state index is 11.9. The topological polar surface area (TPSA) is 44.4 Å². The number of anilines is 1. The highest BCUT2D eigenvalue weighted by molar-refractivity contribution is 5.91. The summed E-state index contributed by atoms with van der Waals surface area (Å²) in [4.78, 5) is 14.0. The minimum absolute atomic E-state index is 0.0683. The van der Waals surface area contributed by atoms with Gasteiger partial charge in [0, 0.05) is 18.7 Å². The molecular weight excluding hydrogens is 250 g/mol. The summed E-state index contributed by atoms with van der Waals surface area (Å²) in [5.41, 5.74) is 3.18. The Morgan fingerprint density at radius 2 is 1.95 bits per heavy atom. The second-order valence-corrected chi connectivity index (χ2v) is 5.52. The van der Waals surface area contributed by atoms with Crippen LogP contribution in [0.4, 0.5) is 5.69 Å². The van der Waals surface area contributed by atoms with Crippen LogP contribution in [-0.4, -0.2) is 44.5 Å². The Morgan fingerprint density at radius 3 is 2.65 bits per heavy atom. The first-order chi connectivity index (χ1) is 9.49. The Kier molecular flexibility index (Phi) is 7.26. The van der Waals surface area contributed by atoms with E-state index in [0.29, 0.717) is 6.42 Å². The average molecular weight is 277 g/mol. The van der Waals surface area contributed by atoms with Gasteiger partial charge in [0.15, 0.2) is 0 Å². The number of nitrogens with zero attached hydrogens (tertiary/aromatic N) is 1. The molecule has 0 atom stereocenters. The molecule has 0 heterocycles. The van der Waals surface area contributed by atoms with Gasteiger partial charge in [-0.1, -0.05) is 12.1 Å². The molecule has 4 nitrogen and oxygen atoms in total. The number of aryl methyl sites for hydroxylation is 2. The van der Waals surface area contributed by atoms with Crippen LogP contribution in [0, 0.1) is 13.8 Å². The van der Waals surface area contributed by atoms with E-state index in [1.807, 2.05) is 26.0 Å². The minimum atomic E-state index is 0.0683. The highest BCUT2D eigenvalue weighted by atomic mass is 16.1. The molecule has 4 heteroatoms. The molecule has 1 amide bonds. The number of carbonyl (C=O) groups excluding carboxylic acids is 1. The smallest absolute Gasteiger partial charge is 0.225 e. The third-order valence-corrected chi connectivity index (χ3v) is 3.15. The SMILES string of the molecule is Cc1ccc(C)c(NC(=O)CCNCCCN(C)C)c1. The van der Waals surface area contributed by atoms with Gasteiger partial charge in [-0.25, -0.2) is 0 Å². The zero-order chi connectivity index (χ0) is 15.0. The van der Waals surface area contributed by atoms with E-state index in [-0.39, 0.29) is 5.91 Å². The molecule has 0 spiro atoms. The third-order valence-electron chi connectivity index (χ3n) is 3.15. The fraction of sp³-hybridized carbons (Fsp3) is 0.562. The molecule has 0 aliphatic carbocycles. The van der Waals surface area contributed by atoms with Crippen LogP contribution in [0.1, 0.15) is 24.0 Å². The molecular formula is C16H27N3O. The molecule has 2 N–H and O–H groups in total. The number of hydrogen-bond donors (Lipinski definition) is 2. The lowest BCUT2D eigenvalue weighted by Crippen LogP contribution is -2.25. The molecule has 20 heavy (non-hydrogen) atoms. The highest BCUT2D eigenvalue weighted by Gasteiger charge is 2.04. The lowest BCUT2D eigenvalue weighted by atomic mass is 10.1. The molecule has 0 saturated carbocycles. The van der Waals surface area contributed by atoms with E-state index in [4.69, 9.17) is 0 Å².